The number of hydrogen-bond donors (Lipinski definition) is 2. The number of aliphatic carboxylic acids is 1. The van der Waals surface area contributed by atoms with E-state index in [9.17, 15) is 19.5 Å². The lowest BCUT2D eigenvalue weighted by Crippen LogP contribution is -2.55. The van der Waals surface area contributed by atoms with E-state index in [0.717, 1.165) is 16.0 Å². The first-order valence-corrected chi connectivity index (χ1v) is 15.1. The molecule has 214 valence electrons. The zero-order valence-corrected chi connectivity index (χ0v) is 24.9. The molecule has 5 rings (SSSR count). The van der Waals surface area contributed by atoms with Crippen molar-refractivity contribution in [1.29, 1.82) is 0 Å². The molecule has 0 aliphatic carbocycles. The summed E-state index contributed by atoms with van der Waals surface area (Å²) in [6.07, 6.45) is 1.97. The molecule has 7 heteroatoms. The van der Waals surface area contributed by atoms with Crippen LogP contribution in [0.25, 0.3) is 0 Å². The highest BCUT2D eigenvalue weighted by Crippen LogP contribution is 2.56. The summed E-state index contributed by atoms with van der Waals surface area (Å²) in [5.74, 6) is -3.10. The van der Waals surface area contributed by atoms with Gasteiger partial charge in [0.1, 0.15) is 5.54 Å². The molecule has 1 fully saturated rings. The van der Waals surface area contributed by atoms with Crippen molar-refractivity contribution in [1.82, 2.24) is 4.90 Å². The molecule has 0 saturated carbocycles. The van der Waals surface area contributed by atoms with E-state index in [1.165, 1.54) is 4.90 Å². The molecular formula is C35H34N2O4S. The van der Waals surface area contributed by atoms with E-state index in [-0.39, 0.29) is 5.78 Å². The molecule has 0 bridgehead atoms. The topological polar surface area (TPSA) is 86.7 Å². The van der Waals surface area contributed by atoms with Crippen molar-refractivity contribution in [3.63, 3.8) is 0 Å². The quantitative estimate of drug-likeness (QED) is 0.173. The fourth-order valence-electron chi connectivity index (χ4n) is 6.26. The van der Waals surface area contributed by atoms with Gasteiger partial charge < -0.3 is 10.4 Å². The first-order chi connectivity index (χ1) is 20.1. The number of thioether (sulfide) groups is 1. The summed E-state index contributed by atoms with van der Waals surface area (Å²) < 4.78 is 0. The van der Waals surface area contributed by atoms with Crippen LogP contribution in [0.5, 0.6) is 0 Å². The van der Waals surface area contributed by atoms with Gasteiger partial charge in [-0.1, -0.05) is 84.4 Å². The van der Waals surface area contributed by atoms with E-state index in [1.807, 2.05) is 105 Å². The fourth-order valence-corrected chi connectivity index (χ4v) is 6.66. The second-order valence-corrected chi connectivity index (χ2v) is 11.9. The highest BCUT2D eigenvalue weighted by molar-refractivity contribution is 7.98. The number of Topliss-reactive ketones (excluding diaryl/α,β-unsaturated/α-hetero) is 1. The molecule has 4 aromatic carbocycles. The molecule has 1 aliphatic rings. The second-order valence-electron chi connectivity index (χ2n) is 11.0. The van der Waals surface area contributed by atoms with E-state index < -0.39 is 35.4 Å². The van der Waals surface area contributed by atoms with Crippen molar-refractivity contribution in [2.75, 3.05) is 11.6 Å². The van der Waals surface area contributed by atoms with Crippen LogP contribution in [-0.4, -0.2) is 39.6 Å². The van der Waals surface area contributed by atoms with Crippen LogP contribution in [0.15, 0.2) is 108 Å². The molecule has 0 radical (unpaired) electrons. The van der Waals surface area contributed by atoms with Crippen molar-refractivity contribution in [3.8, 4) is 0 Å². The molecule has 1 aliphatic heterocycles. The third kappa shape index (κ3) is 5.32. The Kier molecular flexibility index (Phi) is 8.23. The number of rotatable bonds is 7. The lowest BCUT2D eigenvalue weighted by atomic mass is 9.71. The normalized spacial score (nSPS) is 21.6. The van der Waals surface area contributed by atoms with E-state index >= 15 is 0 Å². The van der Waals surface area contributed by atoms with Gasteiger partial charge in [0, 0.05) is 22.1 Å². The van der Waals surface area contributed by atoms with Gasteiger partial charge in [0.15, 0.2) is 5.78 Å². The summed E-state index contributed by atoms with van der Waals surface area (Å²) in [4.78, 5) is 44.8. The van der Waals surface area contributed by atoms with Gasteiger partial charge in [0.05, 0.1) is 12.0 Å². The minimum absolute atomic E-state index is 0.207. The van der Waals surface area contributed by atoms with Crippen molar-refractivity contribution in [3.05, 3.63) is 131 Å². The molecule has 4 atom stereocenters. The number of carbonyl (C=O) groups is 3. The number of carboxylic acids is 1. The fraction of sp³-hybridized carbons (Fsp3) is 0.229. The van der Waals surface area contributed by atoms with Gasteiger partial charge in [0.2, 0.25) is 0 Å². The van der Waals surface area contributed by atoms with Crippen LogP contribution in [0.3, 0.4) is 0 Å². The van der Waals surface area contributed by atoms with Crippen LogP contribution in [0.2, 0.25) is 0 Å². The number of nitrogens with one attached hydrogen (secondary N) is 1. The Morgan fingerprint density at radius 2 is 1.43 bits per heavy atom. The van der Waals surface area contributed by atoms with Crippen molar-refractivity contribution in [2.24, 2.45) is 5.92 Å². The van der Waals surface area contributed by atoms with Crippen molar-refractivity contribution < 1.29 is 19.5 Å². The summed E-state index contributed by atoms with van der Waals surface area (Å²) in [6.45, 7) is 5.43. The molecule has 2 amide bonds. The van der Waals surface area contributed by atoms with Crippen LogP contribution in [0.4, 0.5) is 10.5 Å². The van der Waals surface area contributed by atoms with Gasteiger partial charge in [-0.05, 0) is 68.0 Å². The Morgan fingerprint density at radius 1 is 0.810 bits per heavy atom. The smallest absolute Gasteiger partial charge is 0.330 e. The van der Waals surface area contributed by atoms with E-state index in [1.54, 1.807) is 36.9 Å². The minimum atomic E-state index is -1.76. The highest BCUT2D eigenvalue weighted by atomic mass is 32.2. The monoisotopic (exact) mass is 578 g/mol. The Balaban J connectivity index is 1.76. The summed E-state index contributed by atoms with van der Waals surface area (Å²) in [6, 6.07) is 30.1. The third-order valence-corrected chi connectivity index (χ3v) is 8.97. The summed E-state index contributed by atoms with van der Waals surface area (Å²) in [5.41, 5.74) is 2.56. The zero-order chi connectivity index (χ0) is 30.0. The standard InChI is InChI=1S/C35H34N2O4S/c1-22-10-8-14-26(20-22)31-29(32(38)25-16-18-28(42-4)19-17-25)30(24-12-6-5-7-13-24)35(3,33(39)40)37(31)34(41)36-27-15-9-11-23(2)21-27/h5-21,29-31H,1-4H3,(H,36,41)(H,39,40). The third-order valence-electron chi connectivity index (χ3n) is 8.22. The van der Waals surface area contributed by atoms with Crippen LogP contribution in [0, 0.1) is 19.8 Å². The molecule has 42 heavy (non-hydrogen) atoms. The maximum absolute atomic E-state index is 14.6. The van der Waals surface area contributed by atoms with E-state index in [0.29, 0.717) is 22.4 Å². The number of amides is 2. The molecular weight excluding hydrogens is 544 g/mol. The molecule has 0 spiro atoms. The van der Waals surface area contributed by atoms with E-state index in [2.05, 4.69) is 5.32 Å². The maximum Gasteiger partial charge on any atom is 0.330 e. The predicted molar refractivity (Wildman–Crippen MR) is 167 cm³/mol. The van der Waals surface area contributed by atoms with Gasteiger partial charge in [-0.2, -0.15) is 0 Å². The molecule has 2 N–H and O–H groups in total. The van der Waals surface area contributed by atoms with Crippen LogP contribution < -0.4 is 5.32 Å². The number of carbonyl (C=O) groups excluding carboxylic acids is 2. The largest absolute Gasteiger partial charge is 0.479 e. The van der Waals surface area contributed by atoms with Gasteiger partial charge >= 0.3 is 12.0 Å². The maximum atomic E-state index is 14.6. The number of ketones is 1. The molecule has 0 aromatic heterocycles. The molecule has 1 saturated heterocycles. The number of anilines is 1. The predicted octanol–water partition coefficient (Wildman–Crippen LogP) is 7.74. The van der Waals surface area contributed by atoms with Crippen LogP contribution in [0.1, 0.15) is 51.5 Å². The van der Waals surface area contributed by atoms with Crippen LogP contribution in [-0.2, 0) is 4.79 Å². The lowest BCUT2D eigenvalue weighted by molar-refractivity contribution is -0.148. The molecule has 6 nitrogen and oxygen atoms in total. The minimum Gasteiger partial charge on any atom is -0.479 e. The zero-order valence-electron chi connectivity index (χ0n) is 24.1. The SMILES string of the molecule is CSc1ccc(C(=O)C2C(c3cccc(C)c3)N(C(=O)Nc3cccc(C)c3)C(C)(C(=O)O)C2c2ccccc2)cc1. The first-order valence-electron chi connectivity index (χ1n) is 13.8. The molecule has 1 heterocycles. The lowest BCUT2D eigenvalue weighted by Gasteiger charge is -2.37. The molecule has 4 aromatic rings. The van der Waals surface area contributed by atoms with Gasteiger partial charge in [-0.15, -0.1) is 11.8 Å². The summed E-state index contributed by atoms with van der Waals surface area (Å²) in [7, 11) is 0. The Bertz CT molecular complexity index is 1620. The number of urea groups is 1. The number of nitrogens with zero attached hydrogens (tertiary/aromatic N) is 1. The van der Waals surface area contributed by atoms with Gasteiger partial charge in [0.25, 0.3) is 0 Å². The Hall–Kier alpha value is -4.36. The summed E-state index contributed by atoms with van der Waals surface area (Å²) in [5, 5.41) is 13.9. The number of hydrogen-bond acceptors (Lipinski definition) is 4. The van der Waals surface area contributed by atoms with E-state index in [4.69, 9.17) is 0 Å². The number of aryl methyl sites for hydroxylation is 2. The Labute approximate surface area is 250 Å². The van der Waals surface area contributed by atoms with Crippen LogP contribution >= 0.6 is 11.8 Å². The number of likely N-dealkylation sites (tertiary alicyclic amines) is 1. The molecule has 4 unspecified atom stereocenters. The van der Waals surface area contributed by atoms with Gasteiger partial charge in [-0.25, -0.2) is 9.59 Å². The Morgan fingerprint density at radius 3 is 2.02 bits per heavy atom. The average Bonchev–Trinajstić information content (AvgIpc) is 3.27. The second kappa shape index (κ2) is 11.9. The van der Waals surface area contributed by atoms with Crippen molar-refractivity contribution >= 4 is 35.2 Å². The average molecular weight is 579 g/mol. The number of benzene rings is 4. The van der Waals surface area contributed by atoms with Crippen molar-refractivity contribution in [2.45, 2.75) is 43.2 Å². The number of carboxylic acid groups (broad SMARTS) is 1. The van der Waals surface area contributed by atoms with Gasteiger partial charge in [-0.3, -0.25) is 9.69 Å². The highest BCUT2D eigenvalue weighted by Gasteiger charge is 2.65. The first kappa shape index (κ1) is 29.1. The summed E-state index contributed by atoms with van der Waals surface area (Å²) >= 11 is 1.58.